The van der Waals surface area contributed by atoms with Gasteiger partial charge in [0.1, 0.15) is 19.4 Å². The highest BCUT2D eigenvalue weighted by Gasteiger charge is 2.51. The fraction of sp³-hybridized carbons (Fsp3) is 0.643. The van der Waals surface area contributed by atoms with Crippen LogP contribution in [0.4, 0.5) is 0 Å². The Labute approximate surface area is 143 Å². The van der Waals surface area contributed by atoms with E-state index < -0.39 is 42.4 Å². The van der Waals surface area contributed by atoms with Crippen molar-refractivity contribution in [3.63, 3.8) is 0 Å². The Morgan fingerprint density at radius 2 is 1.84 bits per heavy atom. The third kappa shape index (κ3) is 4.89. The average molecular weight is 356 g/mol. The normalized spacial score (nSPS) is 28.3. The summed E-state index contributed by atoms with van der Waals surface area (Å²) in [5.41, 5.74) is 5.48. The summed E-state index contributed by atoms with van der Waals surface area (Å²) in [4.78, 5) is 43.4. The van der Waals surface area contributed by atoms with Crippen LogP contribution in [0.25, 0.3) is 0 Å². The minimum atomic E-state index is -0.956. The predicted molar refractivity (Wildman–Crippen MR) is 83.2 cm³/mol. The first-order valence-corrected chi connectivity index (χ1v) is 7.51. The molecule has 1 saturated heterocycles. The van der Waals surface area contributed by atoms with Gasteiger partial charge in [-0.3, -0.25) is 14.4 Å². The van der Waals surface area contributed by atoms with Gasteiger partial charge in [-0.1, -0.05) is 0 Å². The molecule has 0 saturated carbocycles. The molecule has 1 fully saturated rings. The van der Waals surface area contributed by atoms with Crippen LogP contribution < -0.4 is 5.73 Å². The Kier molecular flexibility index (Phi) is 5.91. The summed E-state index contributed by atoms with van der Waals surface area (Å²) in [6.45, 7) is 3.63. The van der Waals surface area contributed by atoms with Crippen LogP contribution in [0.15, 0.2) is 9.98 Å². The quantitative estimate of drug-likeness (QED) is 0.472. The molecular weight excluding hydrogens is 336 g/mol. The van der Waals surface area contributed by atoms with E-state index in [-0.39, 0.29) is 19.2 Å². The first-order chi connectivity index (χ1) is 11.8. The third-order valence-corrected chi connectivity index (χ3v) is 3.40. The summed E-state index contributed by atoms with van der Waals surface area (Å²) in [6, 6.07) is 0. The number of hydrogen-bond donors (Lipinski definition) is 1. The maximum Gasteiger partial charge on any atom is 0.303 e. The number of carbonyl (C=O) groups excluding carboxylic acids is 3. The minimum Gasteiger partial charge on any atom is -0.463 e. The van der Waals surface area contributed by atoms with E-state index in [1.807, 2.05) is 0 Å². The molecule has 0 radical (unpaired) electrons. The van der Waals surface area contributed by atoms with E-state index in [9.17, 15) is 14.4 Å². The standard InChI is InChI=1S/C14H20N4O7/c1-7(19)22-4-10-11(23-8(2)20)12(24-9(3)21)13(25-10)18-5-16-14(15)17-6-18/h5,10-13H,4,6H2,1-3H3,(H2,15,17). The van der Waals surface area contributed by atoms with Crippen LogP contribution in [0.1, 0.15) is 20.8 Å². The lowest BCUT2D eigenvalue weighted by atomic mass is 10.1. The topological polar surface area (TPSA) is 142 Å². The van der Waals surface area contributed by atoms with Crippen molar-refractivity contribution in [2.24, 2.45) is 15.7 Å². The maximum atomic E-state index is 11.5. The van der Waals surface area contributed by atoms with E-state index >= 15 is 0 Å². The number of carbonyl (C=O) groups is 3. The van der Waals surface area contributed by atoms with Gasteiger partial charge >= 0.3 is 17.9 Å². The number of hydrogen-bond acceptors (Lipinski definition) is 11. The van der Waals surface area contributed by atoms with E-state index in [2.05, 4.69) is 9.98 Å². The second-order valence-corrected chi connectivity index (χ2v) is 5.43. The zero-order chi connectivity index (χ0) is 18.6. The van der Waals surface area contributed by atoms with Gasteiger partial charge in [-0.05, 0) is 0 Å². The first-order valence-electron chi connectivity index (χ1n) is 7.51. The van der Waals surface area contributed by atoms with E-state index in [0.717, 1.165) is 0 Å². The van der Waals surface area contributed by atoms with Gasteiger partial charge in [0, 0.05) is 20.8 Å². The van der Waals surface area contributed by atoms with Crippen LogP contribution in [-0.2, 0) is 33.3 Å². The average Bonchev–Trinajstić information content (AvgIpc) is 2.83. The molecule has 138 valence electrons. The van der Waals surface area contributed by atoms with E-state index in [0.29, 0.717) is 0 Å². The zero-order valence-electron chi connectivity index (χ0n) is 14.1. The molecule has 2 aliphatic heterocycles. The lowest BCUT2D eigenvalue weighted by molar-refractivity contribution is -0.166. The van der Waals surface area contributed by atoms with Crippen molar-refractivity contribution in [1.82, 2.24) is 4.90 Å². The van der Waals surface area contributed by atoms with E-state index in [1.165, 1.54) is 32.0 Å². The summed E-state index contributed by atoms with van der Waals surface area (Å²) in [5, 5.41) is 0. The number of ether oxygens (including phenoxy) is 4. The van der Waals surface area contributed by atoms with Crippen molar-refractivity contribution >= 4 is 30.2 Å². The summed E-state index contributed by atoms with van der Waals surface area (Å²) in [7, 11) is 0. The minimum absolute atomic E-state index is 0.103. The molecule has 11 heteroatoms. The first kappa shape index (κ1) is 18.6. The highest BCUT2D eigenvalue weighted by atomic mass is 16.7. The fourth-order valence-corrected chi connectivity index (χ4v) is 2.47. The summed E-state index contributed by atoms with van der Waals surface area (Å²) >= 11 is 0. The predicted octanol–water partition coefficient (Wildman–Crippen LogP) is -1.25. The van der Waals surface area contributed by atoms with Gasteiger partial charge in [0.05, 0.1) is 6.34 Å². The molecule has 0 bridgehead atoms. The van der Waals surface area contributed by atoms with Crippen molar-refractivity contribution in [3.05, 3.63) is 0 Å². The van der Waals surface area contributed by atoms with Crippen LogP contribution in [0.5, 0.6) is 0 Å². The molecule has 2 rings (SSSR count). The molecule has 11 nitrogen and oxygen atoms in total. The van der Waals surface area contributed by atoms with Crippen LogP contribution in [0.2, 0.25) is 0 Å². The van der Waals surface area contributed by atoms with Crippen LogP contribution >= 0.6 is 0 Å². The molecule has 2 heterocycles. The molecule has 0 aromatic rings. The van der Waals surface area contributed by atoms with E-state index in [1.54, 1.807) is 0 Å². The van der Waals surface area contributed by atoms with Gasteiger partial charge in [0.15, 0.2) is 18.4 Å². The molecule has 0 amide bonds. The van der Waals surface area contributed by atoms with E-state index in [4.69, 9.17) is 24.7 Å². The number of rotatable bonds is 5. The Morgan fingerprint density at radius 1 is 1.20 bits per heavy atom. The molecule has 0 aromatic heterocycles. The van der Waals surface area contributed by atoms with Crippen LogP contribution in [0.3, 0.4) is 0 Å². The zero-order valence-corrected chi connectivity index (χ0v) is 14.1. The highest BCUT2D eigenvalue weighted by molar-refractivity contribution is 5.87. The molecule has 25 heavy (non-hydrogen) atoms. The molecule has 0 spiro atoms. The van der Waals surface area contributed by atoms with Gasteiger partial charge in [-0.25, -0.2) is 9.98 Å². The third-order valence-electron chi connectivity index (χ3n) is 3.40. The second kappa shape index (κ2) is 7.92. The van der Waals surface area contributed by atoms with Gasteiger partial charge < -0.3 is 29.6 Å². The number of aliphatic imine (C=N–C) groups is 2. The summed E-state index contributed by atoms with van der Waals surface area (Å²) in [5.74, 6) is -1.59. The van der Waals surface area contributed by atoms with Crippen molar-refractivity contribution < 1.29 is 33.3 Å². The molecule has 0 aromatic carbocycles. The number of nitrogens with zero attached hydrogens (tertiary/aromatic N) is 3. The van der Waals surface area contributed by atoms with Gasteiger partial charge in [-0.15, -0.1) is 0 Å². The number of esters is 3. The molecule has 4 unspecified atom stereocenters. The van der Waals surface area contributed by atoms with Crippen molar-refractivity contribution in [2.45, 2.75) is 45.3 Å². The molecule has 2 N–H and O–H groups in total. The Balaban J connectivity index is 2.23. The number of nitrogens with two attached hydrogens (primary N) is 1. The van der Waals surface area contributed by atoms with Crippen LogP contribution in [0, 0.1) is 0 Å². The molecule has 4 atom stereocenters. The smallest absolute Gasteiger partial charge is 0.303 e. The van der Waals surface area contributed by atoms with Crippen molar-refractivity contribution in [2.75, 3.05) is 13.3 Å². The lowest BCUT2D eigenvalue weighted by Gasteiger charge is -2.30. The van der Waals surface area contributed by atoms with Crippen molar-refractivity contribution in [1.29, 1.82) is 0 Å². The summed E-state index contributed by atoms with van der Waals surface area (Å²) in [6.07, 6.45) is -2.18. The number of guanidine groups is 1. The SMILES string of the molecule is CC(=O)OCC1OC(N2C=NC(N)=NC2)C(OC(C)=O)C1OC(C)=O. The largest absolute Gasteiger partial charge is 0.463 e. The van der Waals surface area contributed by atoms with Gasteiger partial charge in [0.25, 0.3) is 0 Å². The Hall–Kier alpha value is -2.69. The maximum absolute atomic E-state index is 11.5. The molecule has 2 aliphatic rings. The summed E-state index contributed by atoms with van der Waals surface area (Å²) < 4.78 is 21.3. The van der Waals surface area contributed by atoms with Gasteiger partial charge in [-0.2, -0.15) is 0 Å². The fourth-order valence-electron chi connectivity index (χ4n) is 2.47. The van der Waals surface area contributed by atoms with Crippen molar-refractivity contribution in [3.8, 4) is 0 Å². The van der Waals surface area contributed by atoms with Crippen LogP contribution in [-0.4, -0.2) is 72.9 Å². The Bertz CT molecular complexity index is 606. The Morgan fingerprint density at radius 3 is 2.36 bits per heavy atom. The molecule has 0 aliphatic carbocycles. The molecular formula is C14H20N4O7. The lowest BCUT2D eigenvalue weighted by Crippen LogP contribution is -2.48. The highest BCUT2D eigenvalue weighted by Crippen LogP contribution is 2.29. The monoisotopic (exact) mass is 356 g/mol. The van der Waals surface area contributed by atoms with Gasteiger partial charge in [0.2, 0.25) is 5.96 Å². The second-order valence-electron chi connectivity index (χ2n) is 5.43.